The molecule has 0 aliphatic carbocycles. The van der Waals surface area contributed by atoms with Gasteiger partial charge in [0.25, 0.3) is 0 Å². The van der Waals surface area contributed by atoms with Gasteiger partial charge in [-0.3, -0.25) is 4.79 Å². The van der Waals surface area contributed by atoms with Gasteiger partial charge in [-0.1, -0.05) is 23.2 Å². The highest BCUT2D eigenvalue weighted by atomic mass is 35.5. The van der Waals surface area contributed by atoms with E-state index in [0.29, 0.717) is 15.7 Å². The molecular weight excluding hydrogens is 271 g/mol. The van der Waals surface area contributed by atoms with E-state index in [0.717, 1.165) is 25.9 Å². The predicted molar refractivity (Wildman–Crippen MR) is 75.3 cm³/mol. The van der Waals surface area contributed by atoms with Crippen molar-refractivity contribution in [2.75, 3.05) is 25.5 Å². The van der Waals surface area contributed by atoms with Gasteiger partial charge in [-0.05, 0) is 44.6 Å². The third kappa shape index (κ3) is 3.37. The topological polar surface area (TPSA) is 32.3 Å². The van der Waals surface area contributed by atoms with Gasteiger partial charge in [0.15, 0.2) is 0 Å². The molecule has 1 saturated heterocycles. The molecule has 0 aromatic heterocycles. The number of likely N-dealkylation sites (tertiary alicyclic amines) is 1. The molecule has 0 bridgehead atoms. The lowest BCUT2D eigenvalue weighted by molar-refractivity contribution is -0.121. The van der Waals surface area contributed by atoms with Crippen LogP contribution in [0.2, 0.25) is 10.0 Å². The van der Waals surface area contributed by atoms with Crippen molar-refractivity contribution < 1.29 is 4.79 Å². The van der Waals surface area contributed by atoms with Gasteiger partial charge in [-0.2, -0.15) is 0 Å². The molecule has 1 aliphatic heterocycles. The molecule has 2 rings (SSSR count). The van der Waals surface area contributed by atoms with Crippen LogP contribution >= 0.6 is 23.2 Å². The summed E-state index contributed by atoms with van der Waals surface area (Å²) in [7, 11) is 2.04. The quantitative estimate of drug-likeness (QED) is 0.905. The molecule has 18 heavy (non-hydrogen) atoms. The summed E-state index contributed by atoms with van der Waals surface area (Å²) >= 11 is 11.8. The fraction of sp³-hybridized carbons (Fsp3) is 0.462. The van der Waals surface area contributed by atoms with Crippen LogP contribution < -0.4 is 5.32 Å². The first-order chi connectivity index (χ1) is 8.56. The molecule has 1 amide bonds. The Morgan fingerprint density at radius 2 is 2.22 bits per heavy atom. The van der Waals surface area contributed by atoms with E-state index in [2.05, 4.69) is 10.2 Å². The Morgan fingerprint density at radius 3 is 2.89 bits per heavy atom. The highest BCUT2D eigenvalue weighted by molar-refractivity contribution is 6.36. The standard InChI is InChI=1S/C13H16Cl2N2O/c1-17-6-2-3-9(8-17)13(18)16-12-5-4-10(14)7-11(12)15/h4-5,7,9H,2-3,6,8H2,1H3,(H,16,18)/t9-/m0/s1. The van der Waals surface area contributed by atoms with Crippen molar-refractivity contribution in [1.82, 2.24) is 4.90 Å². The van der Waals surface area contributed by atoms with Crippen molar-refractivity contribution >= 4 is 34.8 Å². The number of carbonyl (C=O) groups is 1. The summed E-state index contributed by atoms with van der Waals surface area (Å²) in [5.74, 6) is 0.0706. The molecule has 0 spiro atoms. The summed E-state index contributed by atoms with van der Waals surface area (Å²) < 4.78 is 0. The van der Waals surface area contributed by atoms with Gasteiger partial charge < -0.3 is 10.2 Å². The first-order valence-electron chi connectivity index (χ1n) is 6.00. The smallest absolute Gasteiger partial charge is 0.228 e. The van der Waals surface area contributed by atoms with E-state index >= 15 is 0 Å². The molecule has 1 atom stereocenters. The van der Waals surface area contributed by atoms with Crippen LogP contribution in [0.1, 0.15) is 12.8 Å². The average Bonchev–Trinajstić information content (AvgIpc) is 2.32. The molecule has 1 aliphatic rings. The van der Waals surface area contributed by atoms with Crippen molar-refractivity contribution in [3.63, 3.8) is 0 Å². The SMILES string of the molecule is CN1CCC[C@H](C(=O)Nc2ccc(Cl)cc2Cl)C1. The van der Waals surface area contributed by atoms with E-state index in [1.165, 1.54) is 0 Å². The molecule has 1 N–H and O–H groups in total. The summed E-state index contributed by atoms with van der Waals surface area (Å²) in [6.45, 7) is 1.86. The lowest BCUT2D eigenvalue weighted by Gasteiger charge is -2.28. The lowest BCUT2D eigenvalue weighted by atomic mass is 9.97. The van der Waals surface area contributed by atoms with Gasteiger partial charge in [-0.25, -0.2) is 0 Å². The van der Waals surface area contributed by atoms with Crippen LogP contribution in [0, 0.1) is 5.92 Å². The Labute approximate surface area is 117 Å². The first-order valence-corrected chi connectivity index (χ1v) is 6.76. The highest BCUT2D eigenvalue weighted by Gasteiger charge is 2.24. The second-order valence-electron chi connectivity index (χ2n) is 4.71. The molecule has 1 heterocycles. The number of amides is 1. The van der Waals surface area contributed by atoms with Crippen molar-refractivity contribution in [3.8, 4) is 0 Å². The number of halogens is 2. The number of anilines is 1. The summed E-state index contributed by atoms with van der Waals surface area (Å²) in [5, 5.41) is 3.91. The van der Waals surface area contributed by atoms with E-state index < -0.39 is 0 Å². The van der Waals surface area contributed by atoms with E-state index in [4.69, 9.17) is 23.2 Å². The molecule has 1 fully saturated rings. The van der Waals surface area contributed by atoms with Crippen LogP contribution in [-0.4, -0.2) is 30.9 Å². The maximum atomic E-state index is 12.1. The van der Waals surface area contributed by atoms with Crippen molar-refractivity contribution in [2.24, 2.45) is 5.92 Å². The average molecular weight is 287 g/mol. The van der Waals surface area contributed by atoms with Crippen LogP contribution in [0.25, 0.3) is 0 Å². The fourth-order valence-corrected chi connectivity index (χ4v) is 2.66. The molecule has 0 radical (unpaired) electrons. The van der Waals surface area contributed by atoms with Crippen molar-refractivity contribution in [2.45, 2.75) is 12.8 Å². The minimum Gasteiger partial charge on any atom is -0.324 e. The largest absolute Gasteiger partial charge is 0.324 e. The Hall–Kier alpha value is -0.770. The Kier molecular flexibility index (Phi) is 4.49. The zero-order chi connectivity index (χ0) is 13.1. The van der Waals surface area contributed by atoms with Gasteiger partial charge >= 0.3 is 0 Å². The summed E-state index contributed by atoms with van der Waals surface area (Å²) in [6, 6.07) is 5.08. The highest BCUT2D eigenvalue weighted by Crippen LogP contribution is 2.26. The normalized spacial score (nSPS) is 20.7. The van der Waals surface area contributed by atoms with Gasteiger partial charge in [-0.15, -0.1) is 0 Å². The number of hydrogen-bond donors (Lipinski definition) is 1. The van der Waals surface area contributed by atoms with Gasteiger partial charge in [0.05, 0.1) is 16.6 Å². The minimum absolute atomic E-state index is 0.0331. The van der Waals surface area contributed by atoms with Crippen LogP contribution in [0.15, 0.2) is 18.2 Å². The molecule has 0 unspecified atom stereocenters. The third-order valence-electron chi connectivity index (χ3n) is 3.18. The van der Waals surface area contributed by atoms with Crippen LogP contribution in [-0.2, 0) is 4.79 Å². The van der Waals surface area contributed by atoms with Gasteiger partial charge in [0, 0.05) is 11.6 Å². The van der Waals surface area contributed by atoms with Crippen LogP contribution in [0.3, 0.4) is 0 Å². The zero-order valence-corrected chi connectivity index (χ0v) is 11.8. The van der Waals surface area contributed by atoms with Crippen LogP contribution in [0.5, 0.6) is 0 Å². The van der Waals surface area contributed by atoms with Crippen molar-refractivity contribution in [3.05, 3.63) is 28.2 Å². The Balaban J connectivity index is 2.02. The fourth-order valence-electron chi connectivity index (χ4n) is 2.21. The molecule has 0 saturated carbocycles. The second kappa shape index (κ2) is 5.91. The second-order valence-corrected chi connectivity index (χ2v) is 5.56. The molecule has 1 aromatic carbocycles. The summed E-state index contributed by atoms with van der Waals surface area (Å²) in [6.07, 6.45) is 1.99. The molecular formula is C13H16Cl2N2O. The number of nitrogens with one attached hydrogen (secondary N) is 1. The molecule has 98 valence electrons. The van der Waals surface area contributed by atoms with Crippen LogP contribution in [0.4, 0.5) is 5.69 Å². The van der Waals surface area contributed by atoms with Crippen molar-refractivity contribution in [1.29, 1.82) is 0 Å². The Bertz CT molecular complexity index is 451. The number of carbonyl (C=O) groups excluding carboxylic acids is 1. The molecule has 1 aromatic rings. The monoisotopic (exact) mass is 286 g/mol. The van der Waals surface area contributed by atoms with E-state index in [9.17, 15) is 4.79 Å². The van der Waals surface area contributed by atoms with E-state index in [-0.39, 0.29) is 11.8 Å². The predicted octanol–water partition coefficient (Wildman–Crippen LogP) is 3.27. The van der Waals surface area contributed by atoms with E-state index in [1.54, 1.807) is 18.2 Å². The third-order valence-corrected chi connectivity index (χ3v) is 3.73. The van der Waals surface area contributed by atoms with Gasteiger partial charge in [0.2, 0.25) is 5.91 Å². The van der Waals surface area contributed by atoms with E-state index in [1.807, 2.05) is 7.05 Å². The zero-order valence-electron chi connectivity index (χ0n) is 10.2. The lowest BCUT2D eigenvalue weighted by Crippen LogP contribution is -2.38. The summed E-state index contributed by atoms with van der Waals surface area (Å²) in [4.78, 5) is 14.3. The molecule has 3 nitrogen and oxygen atoms in total. The number of rotatable bonds is 2. The number of nitrogens with zero attached hydrogens (tertiary/aromatic N) is 1. The summed E-state index contributed by atoms with van der Waals surface area (Å²) in [5.41, 5.74) is 0.624. The molecule has 5 heteroatoms. The maximum Gasteiger partial charge on any atom is 0.228 e. The minimum atomic E-state index is 0.0331. The Morgan fingerprint density at radius 1 is 1.44 bits per heavy atom. The van der Waals surface area contributed by atoms with Gasteiger partial charge in [0.1, 0.15) is 0 Å². The number of piperidine rings is 1. The number of hydrogen-bond acceptors (Lipinski definition) is 2. The first kappa shape index (κ1) is 13.7. The number of benzene rings is 1. The maximum absolute atomic E-state index is 12.1.